The lowest BCUT2D eigenvalue weighted by molar-refractivity contribution is -0.126. The van der Waals surface area contributed by atoms with Crippen LogP contribution >= 0.6 is 24.0 Å². The summed E-state index contributed by atoms with van der Waals surface area (Å²) in [5.41, 5.74) is 1.17. The average Bonchev–Trinajstić information content (AvgIpc) is 2.95. The van der Waals surface area contributed by atoms with E-state index in [0.717, 1.165) is 17.3 Å². The van der Waals surface area contributed by atoms with Gasteiger partial charge in [0.15, 0.2) is 11.5 Å². The molecule has 2 amide bonds. The number of thioether (sulfide) groups is 1. The maximum Gasteiger partial charge on any atom is 0.266 e. The molecule has 1 saturated heterocycles. The molecule has 7 nitrogen and oxygen atoms in total. The number of nitrogens with one attached hydrogen (secondary N) is 1. The maximum absolute atomic E-state index is 12.7. The number of carbonyl (C=O) groups excluding carboxylic acids is 2. The number of nitrogens with zero attached hydrogens (tertiary/aromatic N) is 1. The van der Waals surface area contributed by atoms with E-state index in [1.165, 1.54) is 24.1 Å². The quantitative estimate of drug-likeness (QED) is 0.537. The highest BCUT2D eigenvalue weighted by atomic mass is 32.2. The van der Waals surface area contributed by atoms with Crippen LogP contribution in [0.3, 0.4) is 0 Å². The van der Waals surface area contributed by atoms with Gasteiger partial charge in [-0.25, -0.2) is 0 Å². The molecule has 0 atom stereocenters. The van der Waals surface area contributed by atoms with Crippen molar-refractivity contribution in [2.24, 2.45) is 0 Å². The number of methoxy groups -OCH3 is 2. The number of phenolic OH excluding ortho intramolecular Hbond substituents is 1. The number of ether oxygens (including phenoxy) is 2. The number of rotatable bonds is 6. The van der Waals surface area contributed by atoms with Crippen LogP contribution in [-0.2, 0) is 9.59 Å². The molecule has 0 radical (unpaired) electrons. The zero-order valence-corrected chi connectivity index (χ0v) is 17.3. The Morgan fingerprint density at radius 2 is 1.97 bits per heavy atom. The first-order valence-corrected chi connectivity index (χ1v) is 9.70. The second kappa shape index (κ2) is 8.97. The minimum absolute atomic E-state index is 0.0336. The molecule has 1 fully saturated rings. The third-order valence-corrected chi connectivity index (χ3v) is 5.39. The molecule has 0 aromatic heterocycles. The molecule has 1 aliphatic rings. The Morgan fingerprint density at radius 1 is 1.21 bits per heavy atom. The fourth-order valence-corrected chi connectivity index (χ4v) is 3.91. The van der Waals surface area contributed by atoms with Crippen molar-refractivity contribution in [2.75, 3.05) is 26.1 Å². The third kappa shape index (κ3) is 4.87. The number of carbonyl (C=O) groups is 2. The number of aromatic hydroxyl groups is 1. The van der Waals surface area contributed by atoms with E-state index in [0.29, 0.717) is 26.4 Å². The van der Waals surface area contributed by atoms with Gasteiger partial charge < -0.3 is 19.9 Å². The Balaban J connectivity index is 1.72. The highest BCUT2D eigenvalue weighted by Gasteiger charge is 2.33. The summed E-state index contributed by atoms with van der Waals surface area (Å²) in [5.74, 6) is 0.398. The normalized spacial score (nSPS) is 15.0. The van der Waals surface area contributed by atoms with E-state index in [1.807, 2.05) is 0 Å². The Kier molecular flexibility index (Phi) is 6.40. The predicted molar refractivity (Wildman–Crippen MR) is 116 cm³/mol. The van der Waals surface area contributed by atoms with Crippen LogP contribution in [0, 0.1) is 0 Å². The number of thiocarbonyl (C=S) groups is 1. The van der Waals surface area contributed by atoms with Crippen LogP contribution in [0.2, 0.25) is 0 Å². The Bertz CT molecular complexity index is 1010. The van der Waals surface area contributed by atoms with Gasteiger partial charge in [-0.1, -0.05) is 36.1 Å². The molecule has 29 heavy (non-hydrogen) atoms. The molecule has 9 heteroatoms. The van der Waals surface area contributed by atoms with Crippen molar-refractivity contribution in [3.63, 3.8) is 0 Å². The molecule has 0 bridgehead atoms. The van der Waals surface area contributed by atoms with E-state index in [9.17, 15) is 14.7 Å². The molecule has 2 aromatic rings. The zero-order valence-electron chi connectivity index (χ0n) is 15.7. The van der Waals surface area contributed by atoms with Crippen LogP contribution in [-0.4, -0.2) is 46.9 Å². The van der Waals surface area contributed by atoms with Crippen molar-refractivity contribution in [2.45, 2.75) is 0 Å². The van der Waals surface area contributed by atoms with Crippen LogP contribution < -0.4 is 14.8 Å². The molecule has 0 spiro atoms. The van der Waals surface area contributed by atoms with Gasteiger partial charge in [0.2, 0.25) is 5.91 Å². The summed E-state index contributed by atoms with van der Waals surface area (Å²) in [6, 6.07) is 11.4. The number of anilines is 1. The van der Waals surface area contributed by atoms with E-state index >= 15 is 0 Å². The van der Waals surface area contributed by atoms with Crippen LogP contribution in [0.15, 0.2) is 47.4 Å². The first-order chi connectivity index (χ1) is 13.9. The van der Waals surface area contributed by atoms with Crippen LogP contribution in [0.4, 0.5) is 5.69 Å². The highest BCUT2D eigenvalue weighted by molar-refractivity contribution is 8.26. The van der Waals surface area contributed by atoms with Crippen molar-refractivity contribution in [1.29, 1.82) is 0 Å². The average molecular weight is 431 g/mol. The minimum atomic E-state index is -0.417. The Labute approximate surface area is 177 Å². The number of hydrogen-bond donors (Lipinski definition) is 2. The lowest BCUT2D eigenvalue weighted by Gasteiger charge is -2.14. The first-order valence-electron chi connectivity index (χ1n) is 8.47. The fourth-order valence-electron chi connectivity index (χ4n) is 2.66. The monoisotopic (exact) mass is 430 g/mol. The van der Waals surface area contributed by atoms with Gasteiger partial charge in [0.25, 0.3) is 5.91 Å². The molecule has 0 saturated carbocycles. The van der Waals surface area contributed by atoms with Crippen LogP contribution in [0.25, 0.3) is 6.08 Å². The van der Waals surface area contributed by atoms with Gasteiger partial charge in [0.1, 0.15) is 16.6 Å². The van der Waals surface area contributed by atoms with E-state index < -0.39 is 5.91 Å². The molecule has 3 rings (SSSR count). The van der Waals surface area contributed by atoms with Crippen molar-refractivity contribution in [3.05, 3.63) is 52.9 Å². The van der Waals surface area contributed by atoms with Gasteiger partial charge in [0, 0.05) is 11.8 Å². The van der Waals surface area contributed by atoms with Crippen molar-refractivity contribution < 1.29 is 24.2 Å². The largest absolute Gasteiger partial charge is 0.508 e. The van der Waals surface area contributed by atoms with E-state index in [4.69, 9.17) is 21.7 Å². The number of hydrogen-bond acceptors (Lipinski definition) is 7. The SMILES string of the molecule is COc1ccc(C=C2SC(=S)N(CC(=O)Nc3cccc(O)c3)C2=O)cc1OC. The summed E-state index contributed by atoms with van der Waals surface area (Å²) in [6.07, 6.45) is 1.69. The summed E-state index contributed by atoms with van der Waals surface area (Å²) in [4.78, 5) is 26.6. The summed E-state index contributed by atoms with van der Waals surface area (Å²) >= 11 is 6.39. The second-order valence-corrected chi connectivity index (χ2v) is 7.66. The van der Waals surface area contributed by atoms with Crippen molar-refractivity contribution in [1.82, 2.24) is 4.90 Å². The van der Waals surface area contributed by atoms with Crippen molar-refractivity contribution in [3.8, 4) is 17.2 Å². The number of benzene rings is 2. The molecule has 150 valence electrons. The third-order valence-electron chi connectivity index (χ3n) is 4.01. The van der Waals surface area contributed by atoms with Crippen LogP contribution in [0.1, 0.15) is 5.56 Å². The zero-order chi connectivity index (χ0) is 21.0. The van der Waals surface area contributed by atoms with Crippen molar-refractivity contribution >= 4 is 51.9 Å². The maximum atomic E-state index is 12.7. The molecule has 0 unspecified atom stereocenters. The van der Waals surface area contributed by atoms with Gasteiger partial charge in [0.05, 0.1) is 19.1 Å². The number of amides is 2. The Hall–Kier alpha value is -3.04. The Morgan fingerprint density at radius 3 is 2.66 bits per heavy atom. The molecule has 2 aromatic carbocycles. The predicted octanol–water partition coefficient (Wildman–Crippen LogP) is 3.25. The lowest BCUT2D eigenvalue weighted by Crippen LogP contribution is -2.36. The number of phenols is 1. The second-order valence-electron chi connectivity index (χ2n) is 5.98. The summed E-state index contributed by atoms with van der Waals surface area (Å²) in [7, 11) is 3.08. The topological polar surface area (TPSA) is 88.1 Å². The van der Waals surface area contributed by atoms with Gasteiger partial charge in [-0.3, -0.25) is 14.5 Å². The minimum Gasteiger partial charge on any atom is -0.508 e. The molecular formula is C20H18N2O5S2. The van der Waals surface area contributed by atoms with Crippen LogP contribution in [0.5, 0.6) is 17.2 Å². The summed E-state index contributed by atoms with van der Waals surface area (Å²) < 4.78 is 10.8. The molecule has 1 aliphatic heterocycles. The van der Waals surface area contributed by atoms with E-state index in [-0.39, 0.29) is 18.2 Å². The smallest absolute Gasteiger partial charge is 0.266 e. The van der Waals surface area contributed by atoms with Gasteiger partial charge in [-0.15, -0.1) is 0 Å². The fraction of sp³-hybridized carbons (Fsp3) is 0.150. The molecule has 2 N–H and O–H groups in total. The van der Waals surface area contributed by atoms with E-state index in [2.05, 4.69) is 5.32 Å². The molecule has 1 heterocycles. The molecule has 0 aliphatic carbocycles. The highest BCUT2D eigenvalue weighted by Crippen LogP contribution is 2.34. The van der Waals surface area contributed by atoms with Gasteiger partial charge in [-0.2, -0.15) is 0 Å². The first kappa shape index (κ1) is 20.7. The van der Waals surface area contributed by atoms with Gasteiger partial charge in [-0.05, 0) is 35.9 Å². The lowest BCUT2D eigenvalue weighted by atomic mass is 10.2. The molecular weight excluding hydrogens is 412 g/mol. The van der Waals surface area contributed by atoms with Gasteiger partial charge >= 0.3 is 0 Å². The van der Waals surface area contributed by atoms with E-state index in [1.54, 1.807) is 43.5 Å². The standard InChI is InChI=1S/C20H18N2O5S2/c1-26-15-7-6-12(8-16(15)27-2)9-17-19(25)22(20(28)29-17)11-18(24)21-13-4-3-5-14(23)10-13/h3-10,23H,11H2,1-2H3,(H,21,24). The summed E-state index contributed by atoms with van der Waals surface area (Å²) in [6.45, 7) is -0.219. The summed E-state index contributed by atoms with van der Waals surface area (Å²) in [5, 5.41) is 12.1.